The lowest BCUT2D eigenvalue weighted by Crippen LogP contribution is -2.38. The summed E-state index contributed by atoms with van der Waals surface area (Å²) in [6.07, 6.45) is 6.53. The smallest absolute Gasteiger partial charge is 0.335 e. The van der Waals surface area contributed by atoms with Crippen molar-refractivity contribution in [2.24, 2.45) is 0 Å². The summed E-state index contributed by atoms with van der Waals surface area (Å²) in [7, 11) is 0. The summed E-state index contributed by atoms with van der Waals surface area (Å²) < 4.78 is 0. The van der Waals surface area contributed by atoms with Crippen molar-refractivity contribution in [2.75, 3.05) is 25.0 Å². The van der Waals surface area contributed by atoms with Gasteiger partial charge in [0.1, 0.15) is 5.82 Å². The number of nitrogens with zero attached hydrogens (tertiary/aromatic N) is 2. The van der Waals surface area contributed by atoms with E-state index in [-0.39, 0.29) is 5.56 Å². The second-order valence-electron chi connectivity index (χ2n) is 5.40. The van der Waals surface area contributed by atoms with Crippen LogP contribution in [0.3, 0.4) is 0 Å². The van der Waals surface area contributed by atoms with Crippen LogP contribution in [0.1, 0.15) is 43.0 Å². The average Bonchev–Trinajstić information content (AvgIpc) is 2.45. The topological polar surface area (TPSA) is 65.5 Å². The molecule has 1 aromatic heterocycles. The summed E-state index contributed by atoms with van der Waals surface area (Å²) in [6.45, 7) is 5.41. The molecule has 2 rings (SSSR count). The van der Waals surface area contributed by atoms with Gasteiger partial charge in [0, 0.05) is 25.3 Å². The zero-order valence-corrected chi connectivity index (χ0v) is 12.0. The maximum atomic E-state index is 10.9. The van der Waals surface area contributed by atoms with E-state index in [1.165, 1.54) is 38.1 Å². The van der Waals surface area contributed by atoms with Gasteiger partial charge in [0.25, 0.3) is 0 Å². The first-order valence-corrected chi connectivity index (χ1v) is 7.34. The van der Waals surface area contributed by atoms with Crippen molar-refractivity contribution in [1.29, 1.82) is 0 Å². The number of piperidine rings is 1. The standard InChI is InChI=1S/C15H23N3O2/c1-12-5-2-3-9-18(12)10-4-7-16-14-11-13(15(19)20)6-8-17-14/h6,8,11-12H,2-5,7,9-10H2,1H3,(H,16,17)(H,19,20). The van der Waals surface area contributed by atoms with Crippen LogP contribution >= 0.6 is 0 Å². The Morgan fingerprint density at radius 2 is 2.40 bits per heavy atom. The van der Waals surface area contributed by atoms with E-state index in [0.717, 1.165) is 19.5 Å². The fourth-order valence-corrected chi connectivity index (χ4v) is 2.65. The molecule has 0 spiro atoms. The van der Waals surface area contributed by atoms with Crippen LogP contribution in [0.15, 0.2) is 18.3 Å². The molecule has 0 radical (unpaired) electrons. The second kappa shape index (κ2) is 7.24. The number of carboxylic acids is 1. The fourth-order valence-electron chi connectivity index (χ4n) is 2.65. The second-order valence-corrected chi connectivity index (χ2v) is 5.40. The molecule has 0 aliphatic carbocycles. The number of aromatic nitrogens is 1. The number of pyridine rings is 1. The first-order chi connectivity index (χ1) is 9.66. The molecule has 1 fully saturated rings. The van der Waals surface area contributed by atoms with Gasteiger partial charge >= 0.3 is 5.97 Å². The SMILES string of the molecule is CC1CCCCN1CCCNc1cc(C(=O)O)ccn1. The molecule has 1 aliphatic rings. The van der Waals surface area contributed by atoms with E-state index in [4.69, 9.17) is 5.11 Å². The molecule has 110 valence electrons. The van der Waals surface area contributed by atoms with Gasteiger partial charge in [-0.25, -0.2) is 9.78 Å². The molecule has 20 heavy (non-hydrogen) atoms. The van der Waals surface area contributed by atoms with Crippen LogP contribution in [-0.2, 0) is 0 Å². The maximum Gasteiger partial charge on any atom is 0.335 e. The Labute approximate surface area is 120 Å². The van der Waals surface area contributed by atoms with E-state index in [1.54, 1.807) is 6.07 Å². The number of carboxylic acid groups (broad SMARTS) is 1. The van der Waals surface area contributed by atoms with E-state index in [9.17, 15) is 4.79 Å². The van der Waals surface area contributed by atoms with E-state index in [2.05, 4.69) is 22.1 Å². The molecule has 5 heteroatoms. The van der Waals surface area contributed by atoms with Gasteiger partial charge in [0.05, 0.1) is 5.56 Å². The third-order valence-electron chi connectivity index (χ3n) is 3.88. The quantitative estimate of drug-likeness (QED) is 0.782. The molecule has 5 nitrogen and oxygen atoms in total. The Morgan fingerprint density at radius 1 is 1.55 bits per heavy atom. The van der Waals surface area contributed by atoms with Crippen molar-refractivity contribution in [3.63, 3.8) is 0 Å². The number of likely N-dealkylation sites (tertiary alicyclic amines) is 1. The maximum absolute atomic E-state index is 10.9. The van der Waals surface area contributed by atoms with Gasteiger partial charge in [-0.3, -0.25) is 0 Å². The highest BCUT2D eigenvalue weighted by Gasteiger charge is 2.16. The summed E-state index contributed by atoms with van der Waals surface area (Å²) in [5, 5.41) is 12.1. The Kier molecular flexibility index (Phi) is 5.35. The van der Waals surface area contributed by atoms with Crippen LogP contribution in [0.5, 0.6) is 0 Å². The van der Waals surface area contributed by atoms with Gasteiger partial charge in [-0.1, -0.05) is 6.42 Å². The molecule has 1 unspecified atom stereocenters. The molecule has 2 N–H and O–H groups in total. The Morgan fingerprint density at radius 3 is 3.15 bits per heavy atom. The molecule has 2 heterocycles. The van der Waals surface area contributed by atoms with Crippen LogP contribution in [0.2, 0.25) is 0 Å². The molecular weight excluding hydrogens is 254 g/mol. The van der Waals surface area contributed by atoms with E-state index in [1.807, 2.05) is 0 Å². The summed E-state index contributed by atoms with van der Waals surface area (Å²) in [5.74, 6) is -0.283. The minimum atomic E-state index is -0.919. The fraction of sp³-hybridized carbons (Fsp3) is 0.600. The van der Waals surface area contributed by atoms with Crippen LogP contribution in [0, 0.1) is 0 Å². The van der Waals surface area contributed by atoms with Crippen LogP contribution in [0.25, 0.3) is 0 Å². The summed E-state index contributed by atoms with van der Waals surface area (Å²) in [6, 6.07) is 3.77. The molecule has 0 aromatic carbocycles. The zero-order valence-electron chi connectivity index (χ0n) is 12.0. The monoisotopic (exact) mass is 277 g/mol. The number of hydrogen-bond acceptors (Lipinski definition) is 4. The van der Waals surface area contributed by atoms with E-state index in [0.29, 0.717) is 11.9 Å². The number of aromatic carboxylic acids is 1. The lowest BCUT2D eigenvalue weighted by molar-refractivity contribution is 0.0697. The highest BCUT2D eigenvalue weighted by Crippen LogP contribution is 2.16. The molecule has 1 aliphatic heterocycles. The van der Waals surface area contributed by atoms with Crippen LogP contribution < -0.4 is 5.32 Å². The number of anilines is 1. The van der Waals surface area contributed by atoms with Crippen molar-refractivity contribution in [3.05, 3.63) is 23.9 Å². The molecule has 0 bridgehead atoms. The summed E-state index contributed by atoms with van der Waals surface area (Å²) >= 11 is 0. The van der Waals surface area contributed by atoms with Crippen LogP contribution in [-0.4, -0.2) is 46.6 Å². The summed E-state index contributed by atoms with van der Waals surface area (Å²) in [4.78, 5) is 17.5. The minimum Gasteiger partial charge on any atom is -0.478 e. The Hall–Kier alpha value is -1.62. The van der Waals surface area contributed by atoms with Gasteiger partial charge in [-0.05, 0) is 44.9 Å². The van der Waals surface area contributed by atoms with E-state index >= 15 is 0 Å². The molecule has 0 amide bonds. The molecule has 1 aromatic rings. The lowest BCUT2D eigenvalue weighted by Gasteiger charge is -2.33. The van der Waals surface area contributed by atoms with Crippen molar-refractivity contribution < 1.29 is 9.90 Å². The Bertz CT molecular complexity index is 450. The number of rotatable bonds is 6. The molecule has 0 saturated carbocycles. The van der Waals surface area contributed by atoms with Crippen molar-refractivity contribution in [3.8, 4) is 0 Å². The van der Waals surface area contributed by atoms with Crippen LogP contribution in [0.4, 0.5) is 5.82 Å². The number of hydrogen-bond donors (Lipinski definition) is 2. The average molecular weight is 277 g/mol. The number of nitrogens with one attached hydrogen (secondary N) is 1. The minimum absolute atomic E-state index is 0.271. The highest BCUT2D eigenvalue weighted by atomic mass is 16.4. The lowest BCUT2D eigenvalue weighted by atomic mass is 10.0. The predicted octanol–water partition coefficient (Wildman–Crippen LogP) is 2.46. The van der Waals surface area contributed by atoms with E-state index < -0.39 is 5.97 Å². The predicted molar refractivity (Wildman–Crippen MR) is 79.2 cm³/mol. The molecular formula is C15H23N3O2. The van der Waals surface area contributed by atoms with Crippen molar-refractivity contribution in [1.82, 2.24) is 9.88 Å². The van der Waals surface area contributed by atoms with Gasteiger partial charge in [0.15, 0.2) is 0 Å². The van der Waals surface area contributed by atoms with Gasteiger partial charge in [0.2, 0.25) is 0 Å². The first kappa shape index (κ1) is 14.8. The summed E-state index contributed by atoms with van der Waals surface area (Å²) in [5.41, 5.74) is 0.271. The third kappa shape index (κ3) is 4.20. The first-order valence-electron chi connectivity index (χ1n) is 7.34. The zero-order chi connectivity index (χ0) is 14.4. The van der Waals surface area contributed by atoms with Gasteiger partial charge in [-0.2, -0.15) is 0 Å². The highest BCUT2D eigenvalue weighted by molar-refractivity contribution is 5.88. The van der Waals surface area contributed by atoms with Gasteiger partial charge < -0.3 is 15.3 Å². The number of carbonyl (C=O) groups is 1. The van der Waals surface area contributed by atoms with Crippen molar-refractivity contribution >= 4 is 11.8 Å². The molecule has 1 saturated heterocycles. The van der Waals surface area contributed by atoms with Gasteiger partial charge in [-0.15, -0.1) is 0 Å². The van der Waals surface area contributed by atoms with Crippen molar-refractivity contribution in [2.45, 2.75) is 38.6 Å². The normalized spacial score (nSPS) is 19.8. The molecule has 1 atom stereocenters. The third-order valence-corrected chi connectivity index (χ3v) is 3.88. The largest absolute Gasteiger partial charge is 0.478 e. The Balaban J connectivity index is 1.73.